The minimum atomic E-state index is -1.34. The number of carbonyl (C=O) groups excluding carboxylic acids is 4. The first-order valence-electron chi connectivity index (χ1n) is 15.0. The van der Waals surface area contributed by atoms with Crippen LogP contribution < -0.4 is 0 Å². The van der Waals surface area contributed by atoms with Crippen LogP contribution >= 0.6 is 0 Å². The van der Waals surface area contributed by atoms with Gasteiger partial charge in [-0.1, -0.05) is 24.3 Å². The number of aliphatic imine (C=N–C) groups is 1. The fraction of sp³-hybridized carbons (Fsp3) is 0.676. The second-order valence-corrected chi connectivity index (χ2v) is 15.4. The molecule has 246 valence electrons. The molecule has 1 heterocycles. The summed E-state index contributed by atoms with van der Waals surface area (Å²) in [6.45, 7) is 21.8. The van der Waals surface area contributed by atoms with Crippen molar-refractivity contribution in [2.75, 3.05) is 6.61 Å². The standard InChI is InChI=1S/C34H51NO9/c1-20-16-14-15-17-21(20)18-35-26-25(44-30(39)34(11,12)13)24(43-29(38)33(8,9)10)23(42-28(37)32(5,6)7)22(41-26)19-40-27(36)31(2,3)4/h14-18,22-26H,19H2,1-13H3/b35-18-/t22-,23+,24+,25-,26-/m1/s1. The highest BCUT2D eigenvalue weighted by Gasteiger charge is 2.54. The molecule has 0 unspecified atom stereocenters. The number of rotatable bonds is 7. The summed E-state index contributed by atoms with van der Waals surface area (Å²) in [5.41, 5.74) is -1.92. The van der Waals surface area contributed by atoms with Crippen molar-refractivity contribution in [2.45, 2.75) is 121 Å². The molecule has 1 aromatic carbocycles. The minimum Gasteiger partial charge on any atom is -0.462 e. The van der Waals surface area contributed by atoms with Crippen molar-refractivity contribution in [1.82, 2.24) is 0 Å². The van der Waals surface area contributed by atoms with Crippen molar-refractivity contribution in [1.29, 1.82) is 0 Å². The Labute approximate surface area is 262 Å². The Kier molecular flexibility index (Phi) is 11.6. The molecule has 0 amide bonds. The van der Waals surface area contributed by atoms with Gasteiger partial charge in [-0.05, 0) is 101 Å². The molecule has 1 aliphatic rings. The average Bonchev–Trinajstić information content (AvgIpc) is 2.87. The highest BCUT2D eigenvalue weighted by Crippen LogP contribution is 2.34. The molecule has 1 fully saturated rings. The summed E-state index contributed by atoms with van der Waals surface area (Å²) < 4.78 is 29.9. The summed E-state index contributed by atoms with van der Waals surface area (Å²) in [4.78, 5) is 57.3. The number of ether oxygens (including phenoxy) is 5. The molecule has 10 nitrogen and oxygen atoms in total. The number of benzene rings is 1. The molecule has 0 aliphatic carbocycles. The molecule has 0 spiro atoms. The number of hydrogen-bond donors (Lipinski definition) is 0. The molecule has 0 saturated carbocycles. The van der Waals surface area contributed by atoms with Crippen molar-refractivity contribution < 1.29 is 42.9 Å². The van der Waals surface area contributed by atoms with Crippen molar-refractivity contribution in [3.63, 3.8) is 0 Å². The first-order chi connectivity index (χ1) is 19.9. The van der Waals surface area contributed by atoms with Crippen LogP contribution in [-0.2, 0) is 42.9 Å². The minimum absolute atomic E-state index is 0.335. The van der Waals surface area contributed by atoms with Gasteiger partial charge in [0.15, 0.2) is 24.5 Å². The number of nitrogens with zero attached hydrogens (tertiary/aromatic N) is 1. The summed E-state index contributed by atoms with van der Waals surface area (Å²) in [7, 11) is 0. The third-order valence-corrected chi connectivity index (χ3v) is 6.72. The number of aryl methyl sites for hydroxylation is 1. The third-order valence-electron chi connectivity index (χ3n) is 6.72. The topological polar surface area (TPSA) is 127 Å². The van der Waals surface area contributed by atoms with Gasteiger partial charge in [-0.25, -0.2) is 0 Å². The Bertz CT molecular complexity index is 1220. The lowest BCUT2D eigenvalue weighted by atomic mass is 9.92. The molecule has 5 atom stereocenters. The Morgan fingerprint density at radius 2 is 1.11 bits per heavy atom. The van der Waals surface area contributed by atoms with E-state index >= 15 is 0 Å². The summed E-state index contributed by atoms with van der Waals surface area (Å²) in [6, 6.07) is 7.54. The first-order valence-corrected chi connectivity index (χ1v) is 15.0. The van der Waals surface area contributed by atoms with Crippen LogP contribution in [0.2, 0.25) is 0 Å². The zero-order chi connectivity index (χ0) is 33.8. The number of esters is 4. The van der Waals surface area contributed by atoms with E-state index in [0.29, 0.717) is 0 Å². The smallest absolute Gasteiger partial charge is 0.311 e. The van der Waals surface area contributed by atoms with E-state index in [1.165, 1.54) is 0 Å². The van der Waals surface area contributed by atoms with Gasteiger partial charge in [0.05, 0.1) is 21.7 Å². The van der Waals surface area contributed by atoms with E-state index in [2.05, 4.69) is 4.99 Å². The van der Waals surface area contributed by atoms with Crippen LogP contribution in [0.1, 0.15) is 94.2 Å². The maximum atomic E-state index is 13.4. The van der Waals surface area contributed by atoms with Gasteiger partial charge in [0.1, 0.15) is 12.7 Å². The first kappa shape index (κ1) is 36.9. The summed E-state index contributed by atoms with van der Waals surface area (Å²) >= 11 is 0. The van der Waals surface area contributed by atoms with Crippen molar-refractivity contribution in [2.24, 2.45) is 26.7 Å². The molecule has 0 radical (unpaired) electrons. The lowest BCUT2D eigenvalue weighted by Gasteiger charge is -2.45. The Balaban J connectivity index is 2.73. The van der Waals surface area contributed by atoms with Gasteiger partial charge in [-0.15, -0.1) is 0 Å². The second kappa shape index (κ2) is 13.8. The summed E-state index contributed by atoms with van der Waals surface area (Å²) in [5, 5.41) is 0. The molecule has 10 heteroatoms. The van der Waals surface area contributed by atoms with E-state index in [0.717, 1.165) is 11.1 Å². The van der Waals surface area contributed by atoms with Gasteiger partial charge in [0.25, 0.3) is 0 Å². The maximum Gasteiger partial charge on any atom is 0.311 e. The fourth-order valence-corrected chi connectivity index (χ4v) is 3.71. The molecule has 1 aliphatic heterocycles. The van der Waals surface area contributed by atoms with Crippen molar-refractivity contribution in [3.8, 4) is 0 Å². The molecule has 2 rings (SSSR count). The van der Waals surface area contributed by atoms with Crippen LogP contribution in [0.15, 0.2) is 29.3 Å². The van der Waals surface area contributed by atoms with Gasteiger partial charge in [-0.2, -0.15) is 0 Å². The quantitative estimate of drug-likeness (QED) is 0.218. The van der Waals surface area contributed by atoms with E-state index in [1.54, 1.807) is 89.3 Å². The molecule has 1 aromatic rings. The van der Waals surface area contributed by atoms with Crippen LogP contribution in [0.25, 0.3) is 0 Å². The normalized spacial score (nSPS) is 23.2. The van der Waals surface area contributed by atoms with Gasteiger partial charge in [0.2, 0.25) is 0 Å². The van der Waals surface area contributed by atoms with Crippen LogP contribution in [0, 0.1) is 28.6 Å². The molecule has 1 saturated heterocycles. The SMILES string of the molecule is Cc1ccccc1/C=N\[C@@H]1O[C@H](COC(=O)C(C)(C)C)[C@H](OC(=O)C(C)(C)C)[C@H](OC(=O)C(C)(C)C)[C@H]1OC(=O)C(C)(C)C. The van der Waals surface area contributed by atoms with Crippen LogP contribution in [-0.4, -0.2) is 67.3 Å². The van der Waals surface area contributed by atoms with Gasteiger partial charge >= 0.3 is 23.9 Å². The van der Waals surface area contributed by atoms with E-state index in [-0.39, 0.29) is 6.61 Å². The lowest BCUT2D eigenvalue weighted by molar-refractivity contribution is -0.258. The van der Waals surface area contributed by atoms with Gasteiger partial charge < -0.3 is 23.7 Å². The summed E-state index contributed by atoms with van der Waals surface area (Å²) in [6.07, 6.45) is -4.69. The van der Waals surface area contributed by atoms with E-state index < -0.39 is 76.2 Å². The average molecular weight is 618 g/mol. The predicted molar refractivity (Wildman–Crippen MR) is 166 cm³/mol. The highest BCUT2D eigenvalue weighted by atomic mass is 16.7. The van der Waals surface area contributed by atoms with Gasteiger partial charge in [0, 0.05) is 6.21 Å². The fourth-order valence-electron chi connectivity index (χ4n) is 3.71. The largest absolute Gasteiger partial charge is 0.462 e. The lowest BCUT2D eigenvalue weighted by Crippen LogP contribution is -2.63. The monoisotopic (exact) mass is 617 g/mol. The Morgan fingerprint density at radius 3 is 1.57 bits per heavy atom. The molecule has 0 aromatic heterocycles. The van der Waals surface area contributed by atoms with Gasteiger partial charge in [-0.3, -0.25) is 24.2 Å². The molecular weight excluding hydrogens is 566 g/mol. The zero-order valence-corrected chi connectivity index (χ0v) is 28.6. The molecule has 0 bridgehead atoms. The van der Waals surface area contributed by atoms with Crippen LogP contribution in [0.4, 0.5) is 0 Å². The van der Waals surface area contributed by atoms with E-state index in [9.17, 15) is 19.2 Å². The van der Waals surface area contributed by atoms with Crippen molar-refractivity contribution in [3.05, 3.63) is 35.4 Å². The van der Waals surface area contributed by atoms with E-state index in [1.807, 2.05) is 31.2 Å². The summed E-state index contributed by atoms with van der Waals surface area (Å²) in [5.74, 6) is -2.34. The zero-order valence-electron chi connectivity index (χ0n) is 28.6. The molecule has 0 N–H and O–H groups in total. The number of hydrogen-bond acceptors (Lipinski definition) is 10. The Hall–Kier alpha value is -3.27. The predicted octanol–water partition coefficient (Wildman–Crippen LogP) is 5.60. The second-order valence-electron chi connectivity index (χ2n) is 15.4. The van der Waals surface area contributed by atoms with E-state index in [4.69, 9.17) is 23.7 Å². The molecule has 44 heavy (non-hydrogen) atoms. The van der Waals surface area contributed by atoms with Crippen LogP contribution in [0.5, 0.6) is 0 Å². The third kappa shape index (κ3) is 10.1. The highest BCUT2D eigenvalue weighted by molar-refractivity contribution is 5.82. The Morgan fingerprint density at radius 1 is 0.682 bits per heavy atom. The number of carbonyl (C=O) groups is 4. The maximum absolute atomic E-state index is 13.4. The van der Waals surface area contributed by atoms with Crippen molar-refractivity contribution >= 4 is 30.1 Å². The molecular formula is C34H51NO9. The van der Waals surface area contributed by atoms with Crippen LogP contribution in [0.3, 0.4) is 0 Å².